The summed E-state index contributed by atoms with van der Waals surface area (Å²) >= 11 is 7.00. The Hall–Kier alpha value is -3.50. The molecule has 2 aromatic heterocycles. The quantitative estimate of drug-likeness (QED) is 0.0867. The van der Waals surface area contributed by atoms with Crippen molar-refractivity contribution >= 4 is 31.9 Å². The van der Waals surface area contributed by atoms with Gasteiger partial charge in [0.25, 0.3) is 11.8 Å². The summed E-state index contributed by atoms with van der Waals surface area (Å²) in [6.45, 7) is 9.96. The van der Waals surface area contributed by atoms with E-state index in [1.807, 2.05) is 60.7 Å². The minimum Gasteiger partial charge on any atom is -0.492 e. The van der Waals surface area contributed by atoms with Crippen LogP contribution in [0.15, 0.2) is 78.4 Å². The molecule has 0 saturated heterocycles. The first-order chi connectivity index (χ1) is 23.4. The fraction of sp³-hybridized carbons (Fsp3) is 0.421. The lowest BCUT2D eigenvalue weighted by Gasteiger charge is -2.20. The van der Waals surface area contributed by atoms with Crippen LogP contribution in [0.25, 0.3) is 45.8 Å². The van der Waals surface area contributed by atoms with Gasteiger partial charge >= 0.3 is 0 Å². The third-order valence-corrected chi connectivity index (χ3v) is 9.67. The lowest BCUT2D eigenvalue weighted by Crippen LogP contribution is -2.13. The summed E-state index contributed by atoms with van der Waals surface area (Å²) in [4.78, 5) is 0. The molecule has 0 bridgehead atoms. The van der Waals surface area contributed by atoms with Gasteiger partial charge in [-0.25, -0.2) is 0 Å². The van der Waals surface area contributed by atoms with Crippen molar-refractivity contribution in [3.05, 3.63) is 69.6 Å². The van der Waals surface area contributed by atoms with Crippen molar-refractivity contribution in [1.29, 1.82) is 0 Å². The molecule has 5 aromatic rings. The van der Waals surface area contributed by atoms with Crippen molar-refractivity contribution in [2.75, 3.05) is 13.2 Å². The van der Waals surface area contributed by atoms with Gasteiger partial charge in [-0.2, -0.15) is 0 Å². The molecule has 0 aliphatic rings. The van der Waals surface area contributed by atoms with Crippen molar-refractivity contribution < 1.29 is 18.3 Å². The van der Waals surface area contributed by atoms with E-state index >= 15 is 0 Å². The number of benzene rings is 3. The Bertz CT molecular complexity index is 1590. The zero-order valence-corrected chi connectivity index (χ0v) is 31.3. The second-order valence-electron chi connectivity index (χ2n) is 12.1. The SMILES string of the molecule is CCCCC(CC)COc1cc(-c2nnc(-c3ccc(Br)cc3)o2)c(OCC(CC)CCCC)cc1-c1nnc(-c2ccc(Br)cc2)o1. The van der Waals surface area contributed by atoms with Crippen LogP contribution in [0.3, 0.4) is 0 Å². The Labute approximate surface area is 300 Å². The van der Waals surface area contributed by atoms with Gasteiger partial charge in [0.2, 0.25) is 11.8 Å². The van der Waals surface area contributed by atoms with Crippen LogP contribution in [0.4, 0.5) is 0 Å². The molecule has 48 heavy (non-hydrogen) atoms. The Balaban J connectivity index is 1.58. The van der Waals surface area contributed by atoms with Crippen LogP contribution in [0.1, 0.15) is 79.1 Å². The van der Waals surface area contributed by atoms with Gasteiger partial charge in [0.15, 0.2) is 0 Å². The van der Waals surface area contributed by atoms with Gasteiger partial charge in [0.1, 0.15) is 11.5 Å². The molecular formula is C38H44Br2N4O4. The number of aromatic nitrogens is 4. The van der Waals surface area contributed by atoms with Crippen LogP contribution >= 0.6 is 31.9 Å². The van der Waals surface area contributed by atoms with Crippen molar-refractivity contribution in [2.45, 2.75) is 79.1 Å². The van der Waals surface area contributed by atoms with E-state index in [9.17, 15) is 0 Å². The highest BCUT2D eigenvalue weighted by atomic mass is 79.9. The van der Waals surface area contributed by atoms with Crippen LogP contribution in [0.2, 0.25) is 0 Å². The number of hydrogen-bond donors (Lipinski definition) is 0. The van der Waals surface area contributed by atoms with Gasteiger partial charge in [-0.1, -0.05) is 98.1 Å². The maximum Gasteiger partial charge on any atom is 0.252 e. The predicted molar refractivity (Wildman–Crippen MR) is 197 cm³/mol. The molecule has 3 aromatic carbocycles. The van der Waals surface area contributed by atoms with E-state index in [0.717, 1.165) is 71.4 Å². The first kappa shape index (κ1) is 35.8. The standard InChI is InChI=1S/C38H44Br2N4O4/c1-5-9-11-25(7-3)23-45-33-21-32(38-44-42-36(48-38)28-15-19-30(40)20-16-28)34(46-24-26(8-4)12-10-6-2)22-31(33)37-43-41-35(47-37)27-13-17-29(39)18-14-27/h13-22,25-26H,5-12,23-24H2,1-4H3. The Morgan fingerprint density at radius 3 is 1.29 bits per heavy atom. The summed E-state index contributed by atoms with van der Waals surface area (Å²) in [6, 6.07) is 19.4. The first-order valence-corrected chi connectivity index (χ1v) is 18.6. The summed E-state index contributed by atoms with van der Waals surface area (Å²) < 4.78 is 27.7. The lowest BCUT2D eigenvalue weighted by molar-refractivity contribution is 0.228. The monoisotopic (exact) mass is 778 g/mol. The highest BCUT2D eigenvalue weighted by Gasteiger charge is 2.24. The summed E-state index contributed by atoms with van der Waals surface area (Å²) in [5, 5.41) is 17.7. The second kappa shape index (κ2) is 17.8. The number of ether oxygens (including phenoxy) is 2. The summed E-state index contributed by atoms with van der Waals surface area (Å²) in [7, 11) is 0. The fourth-order valence-electron chi connectivity index (χ4n) is 5.43. The maximum atomic E-state index is 6.61. The molecule has 0 aliphatic heterocycles. The minimum atomic E-state index is 0.347. The zero-order valence-electron chi connectivity index (χ0n) is 28.2. The highest BCUT2D eigenvalue weighted by Crippen LogP contribution is 2.42. The number of hydrogen-bond acceptors (Lipinski definition) is 8. The van der Waals surface area contributed by atoms with Crippen LogP contribution in [0, 0.1) is 11.8 Å². The number of rotatable bonds is 18. The van der Waals surface area contributed by atoms with Crippen molar-refractivity contribution in [1.82, 2.24) is 20.4 Å². The average Bonchev–Trinajstić information content (AvgIpc) is 3.80. The van der Waals surface area contributed by atoms with Gasteiger partial charge in [-0.15, -0.1) is 20.4 Å². The molecule has 0 N–H and O–H groups in total. The van der Waals surface area contributed by atoms with Gasteiger partial charge in [0.05, 0.1) is 24.3 Å². The average molecular weight is 781 g/mol. The molecule has 2 atom stereocenters. The molecule has 0 aliphatic carbocycles. The van der Waals surface area contributed by atoms with Gasteiger partial charge < -0.3 is 18.3 Å². The highest BCUT2D eigenvalue weighted by molar-refractivity contribution is 9.10. The second-order valence-corrected chi connectivity index (χ2v) is 14.0. The van der Waals surface area contributed by atoms with Crippen LogP contribution in [-0.2, 0) is 0 Å². The Morgan fingerprint density at radius 1 is 0.562 bits per heavy atom. The molecule has 5 rings (SSSR count). The van der Waals surface area contributed by atoms with Crippen molar-refractivity contribution in [3.63, 3.8) is 0 Å². The Morgan fingerprint density at radius 2 is 0.938 bits per heavy atom. The first-order valence-electron chi connectivity index (χ1n) is 17.0. The van der Waals surface area contributed by atoms with Gasteiger partial charge in [0, 0.05) is 20.1 Å². The maximum absolute atomic E-state index is 6.61. The van der Waals surface area contributed by atoms with Crippen molar-refractivity contribution in [3.8, 4) is 57.3 Å². The molecule has 2 unspecified atom stereocenters. The van der Waals surface area contributed by atoms with E-state index < -0.39 is 0 Å². The molecule has 0 amide bonds. The van der Waals surface area contributed by atoms with E-state index in [-0.39, 0.29) is 0 Å². The molecule has 0 fully saturated rings. The normalized spacial score (nSPS) is 12.6. The van der Waals surface area contributed by atoms with E-state index in [1.54, 1.807) is 0 Å². The van der Waals surface area contributed by atoms with Crippen molar-refractivity contribution in [2.24, 2.45) is 11.8 Å². The van der Waals surface area contributed by atoms with E-state index in [0.29, 0.717) is 71.2 Å². The largest absolute Gasteiger partial charge is 0.492 e. The van der Waals surface area contributed by atoms with Crippen LogP contribution in [0.5, 0.6) is 11.5 Å². The van der Waals surface area contributed by atoms with E-state index in [2.05, 4.69) is 79.9 Å². The van der Waals surface area contributed by atoms with Gasteiger partial charge in [-0.3, -0.25) is 0 Å². The number of halogens is 2. The number of unbranched alkanes of at least 4 members (excludes halogenated alkanes) is 2. The molecule has 0 spiro atoms. The molecule has 0 radical (unpaired) electrons. The molecular weight excluding hydrogens is 736 g/mol. The molecule has 2 heterocycles. The third-order valence-electron chi connectivity index (χ3n) is 8.61. The zero-order chi connectivity index (χ0) is 33.9. The third kappa shape index (κ3) is 9.35. The summed E-state index contributed by atoms with van der Waals surface area (Å²) in [5.74, 6) is 3.56. The van der Waals surface area contributed by atoms with E-state index in [1.165, 1.54) is 0 Å². The Kier molecular flexibility index (Phi) is 13.3. The number of nitrogens with zero attached hydrogens (tertiary/aromatic N) is 4. The molecule has 254 valence electrons. The molecule has 0 saturated carbocycles. The van der Waals surface area contributed by atoms with Gasteiger partial charge in [-0.05, 0) is 85.3 Å². The van der Waals surface area contributed by atoms with Crippen LogP contribution < -0.4 is 9.47 Å². The summed E-state index contributed by atoms with van der Waals surface area (Å²) in [6.07, 6.45) is 8.85. The topological polar surface area (TPSA) is 96.3 Å². The predicted octanol–water partition coefficient (Wildman–Crippen LogP) is 11.8. The fourth-order valence-corrected chi connectivity index (χ4v) is 5.96. The minimum absolute atomic E-state index is 0.347. The van der Waals surface area contributed by atoms with Crippen LogP contribution in [-0.4, -0.2) is 33.6 Å². The smallest absolute Gasteiger partial charge is 0.252 e. The molecule has 8 nitrogen and oxygen atoms in total. The van der Waals surface area contributed by atoms with E-state index in [4.69, 9.17) is 18.3 Å². The summed E-state index contributed by atoms with van der Waals surface area (Å²) in [5.41, 5.74) is 2.96. The lowest BCUT2D eigenvalue weighted by atomic mass is 10.00. The molecule has 10 heteroatoms.